The van der Waals surface area contributed by atoms with Gasteiger partial charge in [0.25, 0.3) is 8.32 Å². The summed E-state index contributed by atoms with van der Waals surface area (Å²) in [5.74, 6) is 0. The minimum atomic E-state index is -3.44. The molecule has 1 heterocycles. The molecule has 0 amide bonds. The van der Waals surface area contributed by atoms with Crippen LogP contribution in [-0.2, 0) is 14.4 Å². The lowest BCUT2D eigenvalue weighted by Gasteiger charge is -2.44. The van der Waals surface area contributed by atoms with E-state index in [0.29, 0.717) is 6.61 Å². The number of anilines is 1. The van der Waals surface area contributed by atoms with Gasteiger partial charge in [-0.15, -0.1) is 0 Å². The molecule has 2 N–H and O–H groups in total. The summed E-state index contributed by atoms with van der Waals surface area (Å²) in [5.41, 5.74) is 1.02. The predicted molar refractivity (Wildman–Crippen MR) is 150 cm³/mol. The van der Waals surface area contributed by atoms with Crippen molar-refractivity contribution in [2.45, 2.75) is 36.7 Å². The maximum Gasteiger partial charge on any atom is 0.261 e. The van der Waals surface area contributed by atoms with E-state index in [9.17, 15) is 8.42 Å². The predicted octanol–water partition coefficient (Wildman–Crippen LogP) is 2.95. The van der Waals surface area contributed by atoms with Crippen molar-refractivity contribution in [2.24, 2.45) is 0 Å². The highest BCUT2D eigenvalue weighted by Gasteiger charge is 2.50. The smallest absolute Gasteiger partial charge is 0.261 e. The molecule has 1 saturated heterocycles. The molecular weight excluding hydrogens is 486 g/mol. The van der Waals surface area contributed by atoms with Crippen molar-refractivity contribution in [3.63, 3.8) is 0 Å². The lowest BCUT2D eigenvalue weighted by Crippen LogP contribution is -2.68. The lowest BCUT2D eigenvalue weighted by molar-refractivity contribution is 0.242. The van der Waals surface area contributed by atoms with Gasteiger partial charge < -0.3 is 14.6 Å². The maximum atomic E-state index is 12.1. The van der Waals surface area contributed by atoms with E-state index in [1.807, 2.05) is 12.1 Å². The van der Waals surface area contributed by atoms with Crippen LogP contribution in [0.1, 0.15) is 20.8 Å². The Kier molecular flexibility index (Phi) is 8.02. The molecule has 3 aromatic carbocycles. The summed E-state index contributed by atoms with van der Waals surface area (Å²) in [6.07, 6.45) is 0. The number of nitrogens with one attached hydrogen (secondary N) is 2. The quantitative estimate of drug-likeness (QED) is 0.445. The van der Waals surface area contributed by atoms with Crippen molar-refractivity contribution in [1.29, 1.82) is 0 Å². The van der Waals surface area contributed by atoms with E-state index in [2.05, 4.69) is 96.4 Å². The average Bonchev–Trinajstić information content (AvgIpc) is 2.90. The standard InChI is InChI=1S/C28H37N3O3SSi/c1-28(2,3)36(26-11-7-5-8-12-26,27-13-9-6-10-14-27)34-22-23-21-31(20-19-30-23)24-15-17-25(18-16-24)35(32,33)29-4/h5-18,23,29-30H,19-22H2,1-4H3/t23-/m1/s1. The molecule has 0 aromatic heterocycles. The van der Waals surface area contributed by atoms with E-state index in [-0.39, 0.29) is 16.0 Å². The summed E-state index contributed by atoms with van der Waals surface area (Å²) in [7, 11) is -4.62. The second-order valence-electron chi connectivity index (χ2n) is 10.3. The Morgan fingerprint density at radius 1 is 0.944 bits per heavy atom. The number of benzene rings is 3. The molecule has 0 radical (unpaired) electrons. The van der Waals surface area contributed by atoms with Crippen molar-refractivity contribution >= 4 is 34.4 Å². The summed E-state index contributed by atoms with van der Waals surface area (Å²) in [6.45, 7) is 9.95. The highest BCUT2D eigenvalue weighted by Crippen LogP contribution is 2.37. The summed E-state index contributed by atoms with van der Waals surface area (Å²) < 4.78 is 33.7. The molecule has 1 atom stereocenters. The summed E-state index contributed by atoms with van der Waals surface area (Å²) in [6, 6.07) is 28.6. The van der Waals surface area contributed by atoms with Gasteiger partial charge in [0.2, 0.25) is 10.0 Å². The molecule has 0 spiro atoms. The zero-order valence-electron chi connectivity index (χ0n) is 21.6. The molecular formula is C28H37N3O3SSi. The molecule has 0 saturated carbocycles. The fourth-order valence-corrected chi connectivity index (χ4v) is 10.4. The van der Waals surface area contributed by atoms with Crippen LogP contribution < -0.4 is 25.3 Å². The van der Waals surface area contributed by atoms with Crippen LogP contribution in [-0.4, -0.2) is 56.1 Å². The zero-order chi connectivity index (χ0) is 25.8. The second kappa shape index (κ2) is 10.9. The van der Waals surface area contributed by atoms with Gasteiger partial charge in [-0.25, -0.2) is 13.1 Å². The van der Waals surface area contributed by atoms with E-state index in [4.69, 9.17) is 4.43 Å². The monoisotopic (exact) mass is 523 g/mol. The Morgan fingerprint density at radius 2 is 1.50 bits per heavy atom. The van der Waals surface area contributed by atoms with Gasteiger partial charge in [0.05, 0.1) is 11.5 Å². The van der Waals surface area contributed by atoms with Crippen molar-refractivity contribution in [3.05, 3.63) is 84.9 Å². The lowest BCUT2D eigenvalue weighted by atomic mass is 10.2. The first-order chi connectivity index (χ1) is 17.2. The summed E-state index contributed by atoms with van der Waals surface area (Å²) in [5, 5.41) is 6.12. The van der Waals surface area contributed by atoms with E-state index in [1.165, 1.54) is 17.4 Å². The van der Waals surface area contributed by atoms with Gasteiger partial charge in [-0.05, 0) is 46.7 Å². The molecule has 0 bridgehead atoms. The molecule has 3 aromatic rings. The zero-order valence-corrected chi connectivity index (χ0v) is 23.4. The van der Waals surface area contributed by atoms with Crippen LogP contribution in [0.4, 0.5) is 5.69 Å². The van der Waals surface area contributed by atoms with Crippen molar-refractivity contribution in [2.75, 3.05) is 38.2 Å². The topological polar surface area (TPSA) is 70.7 Å². The summed E-state index contributed by atoms with van der Waals surface area (Å²) >= 11 is 0. The van der Waals surface area contributed by atoms with Crippen molar-refractivity contribution in [3.8, 4) is 0 Å². The molecule has 1 aliphatic heterocycles. The molecule has 192 valence electrons. The van der Waals surface area contributed by atoms with Gasteiger partial charge in [0.15, 0.2) is 0 Å². The Morgan fingerprint density at radius 3 is 2.00 bits per heavy atom. The Bertz CT molecular complexity index is 1190. The van der Waals surface area contributed by atoms with E-state index in [0.717, 1.165) is 25.3 Å². The summed E-state index contributed by atoms with van der Waals surface area (Å²) in [4.78, 5) is 2.57. The van der Waals surface area contributed by atoms with E-state index >= 15 is 0 Å². The number of hydrogen-bond acceptors (Lipinski definition) is 5. The largest absolute Gasteiger partial charge is 0.406 e. The van der Waals surface area contributed by atoms with Gasteiger partial charge in [-0.1, -0.05) is 81.4 Å². The molecule has 1 aliphatic rings. The van der Waals surface area contributed by atoms with Crippen LogP contribution in [0.15, 0.2) is 89.8 Å². The number of hydrogen-bond donors (Lipinski definition) is 2. The van der Waals surface area contributed by atoms with Gasteiger partial charge in [-0.3, -0.25) is 0 Å². The van der Waals surface area contributed by atoms with Crippen LogP contribution in [0, 0.1) is 0 Å². The molecule has 0 aliphatic carbocycles. The second-order valence-corrected chi connectivity index (χ2v) is 16.5. The van der Waals surface area contributed by atoms with Crippen LogP contribution >= 0.6 is 0 Å². The Labute approximate surface area is 216 Å². The molecule has 1 fully saturated rings. The van der Waals surface area contributed by atoms with Crippen LogP contribution in [0.5, 0.6) is 0 Å². The van der Waals surface area contributed by atoms with Crippen LogP contribution in [0.2, 0.25) is 5.04 Å². The van der Waals surface area contributed by atoms with Crippen molar-refractivity contribution in [1.82, 2.24) is 10.0 Å². The van der Waals surface area contributed by atoms with Gasteiger partial charge in [0, 0.05) is 31.4 Å². The third-order valence-electron chi connectivity index (χ3n) is 6.95. The number of piperazine rings is 1. The number of nitrogens with zero attached hydrogens (tertiary/aromatic N) is 1. The van der Waals surface area contributed by atoms with Crippen LogP contribution in [0.3, 0.4) is 0 Å². The molecule has 4 rings (SSSR count). The third kappa shape index (κ3) is 5.43. The number of rotatable bonds is 8. The molecule has 0 unspecified atom stereocenters. The molecule has 6 nitrogen and oxygen atoms in total. The average molecular weight is 524 g/mol. The Hall–Kier alpha value is -2.49. The SMILES string of the molecule is CNS(=O)(=O)c1ccc(N2CCN[C@@H](CO[Si](c3ccccc3)(c3ccccc3)C(C)(C)C)C2)cc1. The third-order valence-corrected chi connectivity index (χ3v) is 13.4. The minimum Gasteiger partial charge on any atom is -0.406 e. The Balaban J connectivity index is 1.57. The highest BCUT2D eigenvalue weighted by molar-refractivity contribution is 7.89. The minimum absolute atomic E-state index is 0.0707. The fraction of sp³-hybridized carbons (Fsp3) is 0.357. The first-order valence-corrected chi connectivity index (χ1v) is 15.8. The van der Waals surface area contributed by atoms with E-state index in [1.54, 1.807) is 12.1 Å². The van der Waals surface area contributed by atoms with Gasteiger partial charge in [0.1, 0.15) is 0 Å². The first kappa shape index (κ1) is 26.6. The normalized spacial score (nSPS) is 17.2. The van der Waals surface area contributed by atoms with Crippen molar-refractivity contribution < 1.29 is 12.8 Å². The molecule has 8 heteroatoms. The van der Waals surface area contributed by atoms with Gasteiger partial charge >= 0.3 is 0 Å². The van der Waals surface area contributed by atoms with E-state index < -0.39 is 18.3 Å². The first-order valence-electron chi connectivity index (χ1n) is 12.4. The molecule has 36 heavy (non-hydrogen) atoms. The van der Waals surface area contributed by atoms with Crippen LogP contribution in [0.25, 0.3) is 0 Å². The highest BCUT2D eigenvalue weighted by atomic mass is 32.2. The van der Waals surface area contributed by atoms with Gasteiger partial charge in [-0.2, -0.15) is 0 Å². The fourth-order valence-electron chi connectivity index (χ4n) is 5.11. The number of sulfonamides is 1. The maximum absolute atomic E-state index is 12.1.